The zero-order chi connectivity index (χ0) is 15.6. The normalized spacial score (nSPS) is 11.9. The Balaban J connectivity index is 1.77. The second-order valence-electron chi connectivity index (χ2n) is 4.51. The molecule has 3 aromatic heterocycles. The van der Waals surface area contributed by atoms with Crippen LogP contribution < -0.4 is 4.72 Å². The minimum Gasteiger partial charge on any atom is -0.419 e. The van der Waals surface area contributed by atoms with Crippen LogP contribution in [0.1, 0.15) is 17.7 Å². The van der Waals surface area contributed by atoms with Crippen LogP contribution in [0.4, 0.5) is 0 Å². The van der Waals surface area contributed by atoms with Gasteiger partial charge in [0.1, 0.15) is 10.6 Å². The number of thiophene rings is 1. The van der Waals surface area contributed by atoms with E-state index in [2.05, 4.69) is 19.9 Å². The lowest BCUT2D eigenvalue weighted by molar-refractivity contribution is 0.511. The maximum Gasteiger partial charge on any atom is 0.264 e. The van der Waals surface area contributed by atoms with Crippen molar-refractivity contribution in [3.8, 4) is 11.6 Å². The number of nitrogens with one attached hydrogen (secondary N) is 2. The van der Waals surface area contributed by atoms with Crippen LogP contribution in [0.2, 0.25) is 0 Å². The molecule has 7 nitrogen and oxygen atoms in total. The Hall–Kier alpha value is -1.97. The number of H-pyrrole nitrogens is 1. The number of aromatic nitrogens is 3. The molecule has 0 fully saturated rings. The zero-order valence-corrected chi connectivity index (χ0v) is 13.4. The minimum absolute atomic E-state index is 0.135. The van der Waals surface area contributed by atoms with E-state index in [1.54, 1.807) is 0 Å². The first-order chi connectivity index (χ1) is 10.6. The van der Waals surface area contributed by atoms with E-state index in [1.807, 2.05) is 24.4 Å². The molecule has 0 saturated heterocycles. The first-order valence-corrected chi connectivity index (χ1v) is 8.98. The fraction of sp³-hybridized carbons (Fsp3) is 0.231. The Morgan fingerprint density at radius 3 is 2.95 bits per heavy atom. The maximum absolute atomic E-state index is 12.2. The van der Waals surface area contributed by atoms with Crippen LogP contribution in [0.5, 0.6) is 0 Å². The van der Waals surface area contributed by atoms with Gasteiger partial charge in [0.25, 0.3) is 5.89 Å². The first-order valence-electron chi connectivity index (χ1n) is 6.61. The smallest absolute Gasteiger partial charge is 0.264 e. The quantitative estimate of drug-likeness (QED) is 0.717. The average molecular weight is 338 g/mol. The molecule has 0 aromatic carbocycles. The van der Waals surface area contributed by atoms with Crippen molar-refractivity contribution < 1.29 is 12.8 Å². The summed E-state index contributed by atoms with van der Waals surface area (Å²) in [5.74, 6) is 0.779. The molecular formula is C13H14N4O3S2. The van der Waals surface area contributed by atoms with E-state index < -0.39 is 10.0 Å². The molecule has 0 aliphatic carbocycles. The van der Waals surface area contributed by atoms with Gasteiger partial charge in [0.2, 0.25) is 15.9 Å². The Morgan fingerprint density at radius 2 is 2.27 bits per heavy atom. The van der Waals surface area contributed by atoms with E-state index >= 15 is 0 Å². The zero-order valence-electron chi connectivity index (χ0n) is 11.7. The lowest BCUT2D eigenvalue weighted by Crippen LogP contribution is -2.22. The van der Waals surface area contributed by atoms with Crippen molar-refractivity contribution in [2.75, 3.05) is 0 Å². The summed E-state index contributed by atoms with van der Waals surface area (Å²) in [4.78, 5) is 3.93. The highest BCUT2D eigenvalue weighted by atomic mass is 32.2. The maximum atomic E-state index is 12.2. The van der Waals surface area contributed by atoms with E-state index in [1.165, 1.54) is 23.6 Å². The summed E-state index contributed by atoms with van der Waals surface area (Å²) < 4.78 is 32.4. The standard InChI is InChI=1S/C13H14N4O3S2/c1-2-12-16-17-13(20-12)11-6-10(8-14-11)22(18,19)15-7-9-4-3-5-21-9/h3-6,8,14-15H,2,7H2,1H3. The lowest BCUT2D eigenvalue weighted by atomic mass is 10.4. The number of nitrogens with zero attached hydrogens (tertiary/aromatic N) is 2. The molecule has 3 rings (SSSR count). The molecule has 0 unspecified atom stereocenters. The third kappa shape index (κ3) is 3.11. The molecule has 0 aliphatic heterocycles. The van der Waals surface area contributed by atoms with Crippen molar-refractivity contribution in [2.45, 2.75) is 24.8 Å². The van der Waals surface area contributed by atoms with Gasteiger partial charge in [-0.2, -0.15) is 0 Å². The predicted octanol–water partition coefficient (Wildman–Crippen LogP) is 2.17. The van der Waals surface area contributed by atoms with E-state index in [4.69, 9.17) is 4.42 Å². The van der Waals surface area contributed by atoms with Crippen LogP contribution in [0.15, 0.2) is 39.1 Å². The summed E-state index contributed by atoms with van der Waals surface area (Å²) in [5, 5.41) is 9.63. The average Bonchev–Trinajstić information content (AvgIpc) is 3.24. The van der Waals surface area contributed by atoms with Gasteiger partial charge >= 0.3 is 0 Å². The van der Waals surface area contributed by atoms with Gasteiger partial charge in [-0.25, -0.2) is 13.1 Å². The highest BCUT2D eigenvalue weighted by Crippen LogP contribution is 2.21. The summed E-state index contributed by atoms with van der Waals surface area (Å²) in [6.45, 7) is 2.16. The second-order valence-corrected chi connectivity index (χ2v) is 7.31. The topological polar surface area (TPSA) is 101 Å². The summed E-state index contributed by atoms with van der Waals surface area (Å²) in [6.07, 6.45) is 2.03. The molecule has 3 aromatic rings. The van der Waals surface area contributed by atoms with E-state index in [0.717, 1.165) is 4.88 Å². The summed E-state index contributed by atoms with van der Waals surface area (Å²) >= 11 is 1.50. The van der Waals surface area contributed by atoms with Crippen molar-refractivity contribution in [3.63, 3.8) is 0 Å². The number of sulfonamides is 1. The molecule has 22 heavy (non-hydrogen) atoms. The lowest BCUT2D eigenvalue weighted by Gasteiger charge is -2.02. The van der Waals surface area contributed by atoms with Gasteiger partial charge in [-0.3, -0.25) is 0 Å². The highest BCUT2D eigenvalue weighted by Gasteiger charge is 2.18. The monoisotopic (exact) mass is 338 g/mol. The Kier molecular flexibility index (Phi) is 4.10. The Morgan fingerprint density at radius 1 is 1.41 bits per heavy atom. The molecular weight excluding hydrogens is 324 g/mol. The van der Waals surface area contributed by atoms with Crippen LogP contribution in [0.25, 0.3) is 11.6 Å². The van der Waals surface area contributed by atoms with Gasteiger partial charge in [0.15, 0.2) is 0 Å². The van der Waals surface area contributed by atoms with Crippen molar-refractivity contribution in [1.82, 2.24) is 19.9 Å². The summed E-state index contributed by atoms with van der Waals surface area (Å²) in [6, 6.07) is 5.23. The molecule has 0 aliphatic rings. The molecule has 3 heterocycles. The number of aromatic amines is 1. The van der Waals surface area contributed by atoms with E-state index in [9.17, 15) is 8.42 Å². The molecule has 0 amide bonds. The van der Waals surface area contributed by atoms with Crippen molar-refractivity contribution in [1.29, 1.82) is 0 Å². The van der Waals surface area contributed by atoms with E-state index in [0.29, 0.717) is 18.0 Å². The Bertz CT molecular complexity index is 850. The summed E-state index contributed by atoms with van der Waals surface area (Å²) in [7, 11) is -3.59. The van der Waals surface area contributed by atoms with Crippen LogP contribution in [0.3, 0.4) is 0 Å². The minimum atomic E-state index is -3.59. The molecule has 116 valence electrons. The van der Waals surface area contributed by atoms with Crippen molar-refractivity contribution in [3.05, 3.63) is 40.5 Å². The predicted molar refractivity (Wildman–Crippen MR) is 81.8 cm³/mol. The van der Waals surface area contributed by atoms with Crippen LogP contribution in [-0.2, 0) is 23.0 Å². The highest BCUT2D eigenvalue weighted by molar-refractivity contribution is 7.89. The third-order valence-corrected chi connectivity index (χ3v) is 5.24. The van der Waals surface area contributed by atoms with Gasteiger partial charge < -0.3 is 9.40 Å². The first kappa shape index (κ1) is 14.9. The SMILES string of the molecule is CCc1nnc(-c2cc(S(=O)(=O)NCc3cccs3)c[nH]2)o1. The Labute approximate surface area is 131 Å². The fourth-order valence-corrected chi connectivity index (χ4v) is 3.56. The van der Waals surface area contributed by atoms with Crippen molar-refractivity contribution in [2.24, 2.45) is 0 Å². The molecule has 0 atom stereocenters. The molecule has 0 spiro atoms. The van der Waals surface area contributed by atoms with Crippen LogP contribution in [0, 0.1) is 0 Å². The van der Waals surface area contributed by atoms with Gasteiger partial charge in [-0.15, -0.1) is 21.5 Å². The molecule has 0 saturated carbocycles. The summed E-state index contributed by atoms with van der Waals surface area (Å²) in [5.41, 5.74) is 0.476. The van der Waals surface area contributed by atoms with Crippen LogP contribution >= 0.6 is 11.3 Å². The van der Waals surface area contributed by atoms with Gasteiger partial charge in [-0.1, -0.05) is 13.0 Å². The number of rotatable bonds is 6. The molecule has 9 heteroatoms. The van der Waals surface area contributed by atoms with Gasteiger partial charge in [-0.05, 0) is 17.5 Å². The second kappa shape index (κ2) is 6.03. The number of hydrogen-bond donors (Lipinski definition) is 2. The van der Waals surface area contributed by atoms with Crippen molar-refractivity contribution >= 4 is 21.4 Å². The molecule has 0 radical (unpaired) electrons. The van der Waals surface area contributed by atoms with Gasteiger partial charge in [0, 0.05) is 24.0 Å². The molecule has 2 N–H and O–H groups in total. The van der Waals surface area contributed by atoms with E-state index in [-0.39, 0.29) is 17.3 Å². The largest absolute Gasteiger partial charge is 0.419 e. The van der Waals surface area contributed by atoms with Crippen LogP contribution in [-0.4, -0.2) is 23.6 Å². The number of hydrogen-bond acceptors (Lipinski definition) is 6. The van der Waals surface area contributed by atoms with Gasteiger partial charge in [0.05, 0.1) is 0 Å². The molecule has 0 bridgehead atoms. The number of aryl methyl sites for hydroxylation is 1. The third-order valence-electron chi connectivity index (χ3n) is 2.98. The fourth-order valence-electron chi connectivity index (χ4n) is 1.82.